The van der Waals surface area contributed by atoms with Gasteiger partial charge in [-0.15, -0.1) is 11.3 Å². The van der Waals surface area contributed by atoms with Crippen molar-refractivity contribution in [1.29, 1.82) is 0 Å². The predicted octanol–water partition coefficient (Wildman–Crippen LogP) is 5.78. The Morgan fingerprint density at radius 2 is 1.89 bits per heavy atom. The fraction of sp³-hybridized carbons (Fsp3) is 0.714. The van der Waals surface area contributed by atoms with E-state index in [1.165, 1.54) is 19.5 Å². The molecule has 2 unspecified atom stereocenters. The number of unbranched alkanes of at least 4 members (excludes halogenated alkanes) is 1. The molecule has 0 fully saturated rings. The molecule has 0 aliphatic carbocycles. The van der Waals surface area contributed by atoms with Crippen LogP contribution in [0.2, 0.25) is 0 Å². The first-order valence-corrected chi connectivity index (χ1v) is 9.28. The predicted molar refractivity (Wildman–Crippen MR) is 98.4 cm³/mol. The number of hydrogen-bond donors (Lipinski definition) is 0. The van der Waals surface area contributed by atoms with E-state index in [0.717, 1.165) is 13.0 Å². The summed E-state index contributed by atoms with van der Waals surface area (Å²) in [5, 5.41) is 0. The maximum absolute atomic E-state index is 5.75. The summed E-state index contributed by atoms with van der Waals surface area (Å²) in [7, 11) is 2.79. The Labute approximate surface area is 133 Å². The van der Waals surface area contributed by atoms with Gasteiger partial charge in [-0.25, -0.2) is 0 Å². The van der Waals surface area contributed by atoms with Crippen LogP contribution >= 0.6 is 43.2 Å². The minimum absolute atomic E-state index is 0.230. The highest BCUT2D eigenvalue weighted by Gasteiger charge is 2.11. The SMILES string of the molecule is CC.CC.CCCCOC(C)c1cc(I)sc1P. The zero-order chi connectivity index (χ0) is 14.6. The van der Waals surface area contributed by atoms with Gasteiger partial charge in [0.25, 0.3) is 0 Å². The fourth-order valence-corrected chi connectivity index (χ4v) is 4.40. The zero-order valence-electron chi connectivity index (χ0n) is 12.5. The lowest BCUT2D eigenvalue weighted by Crippen LogP contribution is -2.05. The molecule has 0 radical (unpaired) electrons. The van der Waals surface area contributed by atoms with E-state index in [1.54, 1.807) is 11.3 Å². The number of ether oxygens (including phenoxy) is 1. The van der Waals surface area contributed by atoms with Gasteiger partial charge in [0, 0.05) is 11.2 Å². The van der Waals surface area contributed by atoms with Gasteiger partial charge in [-0.05, 0) is 47.6 Å². The Hall–Kier alpha value is 0.820. The van der Waals surface area contributed by atoms with Crippen LogP contribution in [-0.2, 0) is 4.74 Å². The second-order valence-electron chi connectivity index (χ2n) is 3.24. The van der Waals surface area contributed by atoms with Crippen molar-refractivity contribution in [3.8, 4) is 0 Å². The van der Waals surface area contributed by atoms with Crippen molar-refractivity contribution >= 4 is 47.8 Å². The van der Waals surface area contributed by atoms with Crippen LogP contribution in [0.25, 0.3) is 0 Å². The first-order valence-electron chi connectivity index (χ1n) is 6.81. The van der Waals surface area contributed by atoms with E-state index in [4.69, 9.17) is 4.74 Å². The second-order valence-corrected chi connectivity index (χ2v) is 7.21. The van der Waals surface area contributed by atoms with E-state index in [1.807, 2.05) is 27.7 Å². The minimum Gasteiger partial charge on any atom is -0.374 e. The van der Waals surface area contributed by atoms with Gasteiger partial charge in [-0.2, -0.15) is 0 Å². The van der Waals surface area contributed by atoms with Crippen molar-refractivity contribution in [2.75, 3.05) is 6.61 Å². The van der Waals surface area contributed by atoms with Crippen molar-refractivity contribution in [1.82, 2.24) is 0 Å². The Balaban J connectivity index is 0. The van der Waals surface area contributed by atoms with Crippen molar-refractivity contribution in [2.24, 2.45) is 0 Å². The van der Waals surface area contributed by atoms with Crippen LogP contribution in [0, 0.1) is 2.88 Å². The Morgan fingerprint density at radius 1 is 1.33 bits per heavy atom. The summed E-state index contributed by atoms with van der Waals surface area (Å²) >= 11 is 4.16. The molecule has 0 aliphatic rings. The van der Waals surface area contributed by atoms with E-state index in [-0.39, 0.29) is 6.10 Å². The Kier molecular flexibility index (Phi) is 16.7. The van der Waals surface area contributed by atoms with Crippen LogP contribution in [0.3, 0.4) is 0 Å². The van der Waals surface area contributed by atoms with Gasteiger partial charge in [0.05, 0.1) is 8.99 Å². The van der Waals surface area contributed by atoms with Crippen molar-refractivity contribution in [2.45, 2.75) is 60.5 Å². The maximum atomic E-state index is 5.75. The Bertz CT molecular complexity index is 289. The van der Waals surface area contributed by atoms with Crippen molar-refractivity contribution < 1.29 is 4.74 Å². The third-order valence-electron chi connectivity index (χ3n) is 2.06. The lowest BCUT2D eigenvalue weighted by Gasteiger charge is -2.12. The fourth-order valence-electron chi connectivity index (χ4n) is 1.20. The van der Waals surface area contributed by atoms with Crippen LogP contribution in [0.5, 0.6) is 0 Å². The summed E-state index contributed by atoms with van der Waals surface area (Å²) < 4.78 is 8.38. The summed E-state index contributed by atoms with van der Waals surface area (Å²) in [6.07, 6.45) is 2.58. The lowest BCUT2D eigenvalue weighted by molar-refractivity contribution is 0.0645. The van der Waals surface area contributed by atoms with Crippen molar-refractivity contribution in [3.63, 3.8) is 0 Å². The van der Waals surface area contributed by atoms with E-state index < -0.39 is 0 Å². The van der Waals surface area contributed by atoms with Crippen LogP contribution in [0.1, 0.15) is 66.1 Å². The molecule has 2 atom stereocenters. The quantitative estimate of drug-likeness (QED) is 0.345. The van der Waals surface area contributed by atoms with Crippen molar-refractivity contribution in [3.05, 3.63) is 14.5 Å². The van der Waals surface area contributed by atoms with E-state index >= 15 is 0 Å². The van der Waals surface area contributed by atoms with Gasteiger partial charge in [0.15, 0.2) is 0 Å². The molecule has 0 saturated carbocycles. The summed E-state index contributed by atoms with van der Waals surface area (Å²) in [5.74, 6) is 0. The highest BCUT2D eigenvalue weighted by molar-refractivity contribution is 14.1. The molecule has 1 heterocycles. The van der Waals surface area contributed by atoms with Crippen LogP contribution in [-0.4, -0.2) is 6.61 Å². The molecule has 0 saturated heterocycles. The minimum atomic E-state index is 0.230. The molecular weight excluding hydrogens is 374 g/mol. The first kappa shape index (κ1) is 21.1. The number of thiophene rings is 1. The molecule has 0 amide bonds. The van der Waals surface area contributed by atoms with E-state index in [9.17, 15) is 0 Å². The number of hydrogen-bond acceptors (Lipinski definition) is 2. The number of halogens is 1. The largest absolute Gasteiger partial charge is 0.374 e. The monoisotopic (exact) mass is 402 g/mol. The van der Waals surface area contributed by atoms with E-state index in [0.29, 0.717) is 0 Å². The van der Waals surface area contributed by atoms with Crippen LogP contribution in [0.4, 0.5) is 0 Å². The molecular formula is C14H28IOPS. The molecule has 0 spiro atoms. The maximum Gasteiger partial charge on any atom is 0.0811 e. The van der Waals surface area contributed by atoms with Gasteiger partial charge >= 0.3 is 0 Å². The molecule has 0 N–H and O–H groups in total. The van der Waals surface area contributed by atoms with Gasteiger partial charge < -0.3 is 4.74 Å². The van der Waals surface area contributed by atoms with Gasteiger partial charge in [-0.1, -0.05) is 50.3 Å². The summed E-state index contributed by atoms with van der Waals surface area (Å²) in [6.45, 7) is 13.2. The smallest absolute Gasteiger partial charge is 0.0811 e. The normalized spacial score (nSPS) is 10.9. The average molecular weight is 402 g/mol. The third-order valence-corrected chi connectivity index (χ3v) is 4.49. The zero-order valence-corrected chi connectivity index (χ0v) is 16.7. The molecule has 0 aliphatic heterocycles. The van der Waals surface area contributed by atoms with Gasteiger partial charge in [-0.3, -0.25) is 0 Å². The van der Waals surface area contributed by atoms with Gasteiger partial charge in [0.1, 0.15) is 0 Å². The lowest BCUT2D eigenvalue weighted by atomic mass is 10.2. The first-order chi connectivity index (χ1) is 8.65. The highest BCUT2D eigenvalue weighted by atomic mass is 127. The molecule has 0 aromatic carbocycles. The molecule has 1 rings (SSSR count). The molecule has 4 heteroatoms. The third kappa shape index (κ3) is 8.84. The molecule has 108 valence electrons. The van der Waals surface area contributed by atoms with Crippen LogP contribution in [0.15, 0.2) is 6.07 Å². The molecule has 1 aromatic heterocycles. The molecule has 0 bridgehead atoms. The molecule has 18 heavy (non-hydrogen) atoms. The standard InChI is InChI=1S/C10H16IOPS.2C2H6/c1-3-4-5-12-7(2)8-6-9(11)14-10(8)13;2*1-2/h6-7H,3-5,13H2,1-2H3;2*1-2H3. The Morgan fingerprint density at radius 3 is 2.28 bits per heavy atom. The highest BCUT2D eigenvalue weighted by Crippen LogP contribution is 2.24. The summed E-state index contributed by atoms with van der Waals surface area (Å²) in [6, 6.07) is 2.21. The number of rotatable bonds is 5. The molecule has 1 nitrogen and oxygen atoms in total. The molecule has 1 aromatic rings. The summed E-state index contributed by atoms with van der Waals surface area (Å²) in [4.78, 5) is 0. The summed E-state index contributed by atoms with van der Waals surface area (Å²) in [5.41, 5.74) is 1.32. The van der Waals surface area contributed by atoms with Gasteiger partial charge in [0.2, 0.25) is 0 Å². The average Bonchev–Trinajstić information content (AvgIpc) is 2.74. The topological polar surface area (TPSA) is 9.23 Å². The second kappa shape index (κ2) is 14.2. The van der Waals surface area contributed by atoms with Crippen LogP contribution < -0.4 is 4.62 Å². The van der Waals surface area contributed by atoms with E-state index in [2.05, 4.69) is 51.7 Å².